The molecule has 0 fully saturated rings. The molecule has 2 heterocycles. The number of nitrogens with two attached hydrogens (primary N) is 1. The van der Waals surface area contributed by atoms with E-state index in [1.807, 2.05) is 0 Å². The standard InChI is InChI=1S/C22H22N4O6S/c23-19(28)18-12-6-5-9-15(12)33-20(18)24-16(27)10-2-1-3-11-25-21(29)13-7-4-8-14(26(31)32)17(13)22(25)30/h4,7-8H,1-3,5-6,9-11H2,(H2,23,28)(H,24,27). The van der Waals surface area contributed by atoms with Gasteiger partial charge in [-0.05, 0) is 43.7 Å². The zero-order chi connectivity index (χ0) is 23.7. The summed E-state index contributed by atoms with van der Waals surface area (Å²) in [6.07, 6.45) is 4.44. The number of nitrogens with one attached hydrogen (secondary N) is 1. The summed E-state index contributed by atoms with van der Waals surface area (Å²) >= 11 is 1.40. The SMILES string of the molecule is NC(=O)c1c(NC(=O)CCCCCN2C(=O)c3cccc([N+](=O)[O-])c3C2=O)sc2c1CCC2. The number of nitrogens with zero attached hydrogens (tertiary/aromatic N) is 2. The van der Waals surface area contributed by atoms with Crippen LogP contribution in [0.2, 0.25) is 0 Å². The number of rotatable bonds is 9. The van der Waals surface area contributed by atoms with Crippen LogP contribution in [-0.2, 0) is 17.6 Å². The Morgan fingerprint density at radius 3 is 2.67 bits per heavy atom. The van der Waals surface area contributed by atoms with Gasteiger partial charge in [0.15, 0.2) is 0 Å². The first-order valence-corrected chi connectivity index (χ1v) is 11.5. The van der Waals surface area contributed by atoms with Gasteiger partial charge in [0.1, 0.15) is 10.6 Å². The molecule has 0 bridgehead atoms. The van der Waals surface area contributed by atoms with E-state index in [0.29, 0.717) is 29.8 Å². The minimum Gasteiger partial charge on any atom is -0.365 e. The second-order valence-corrected chi connectivity index (χ2v) is 9.11. The smallest absolute Gasteiger partial charge is 0.282 e. The normalized spacial score (nSPS) is 14.4. The van der Waals surface area contributed by atoms with Gasteiger partial charge in [0.05, 0.1) is 16.1 Å². The number of amides is 4. The number of nitro benzene ring substituents is 1. The number of anilines is 1. The third-order valence-corrected chi connectivity index (χ3v) is 7.09. The number of nitro groups is 1. The first-order chi connectivity index (χ1) is 15.8. The molecule has 0 spiro atoms. The maximum atomic E-state index is 12.6. The molecule has 1 aromatic heterocycles. The molecular weight excluding hydrogens is 448 g/mol. The van der Waals surface area contributed by atoms with Crippen LogP contribution in [0.15, 0.2) is 18.2 Å². The average molecular weight is 471 g/mol. The number of fused-ring (bicyclic) bond motifs is 2. The molecule has 1 aliphatic carbocycles. The Morgan fingerprint density at radius 2 is 1.94 bits per heavy atom. The van der Waals surface area contributed by atoms with Crippen LogP contribution in [-0.4, -0.2) is 40.0 Å². The second kappa shape index (κ2) is 9.10. The lowest BCUT2D eigenvalue weighted by atomic mass is 10.1. The van der Waals surface area contributed by atoms with Crippen LogP contribution >= 0.6 is 11.3 Å². The second-order valence-electron chi connectivity index (χ2n) is 8.00. The van der Waals surface area contributed by atoms with Crippen molar-refractivity contribution in [3.63, 3.8) is 0 Å². The lowest BCUT2D eigenvalue weighted by Crippen LogP contribution is -2.30. The van der Waals surface area contributed by atoms with Gasteiger partial charge in [0.25, 0.3) is 23.4 Å². The molecule has 11 heteroatoms. The predicted octanol–water partition coefficient (Wildman–Crippen LogP) is 3.04. The van der Waals surface area contributed by atoms with E-state index in [-0.39, 0.29) is 35.7 Å². The molecule has 33 heavy (non-hydrogen) atoms. The molecule has 172 valence electrons. The quantitative estimate of drug-likeness (QED) is 0.249. The number of carbonyl (C=O) groups excluding carboxylic acids is 4. The molecule has 0 saturated carbocycles. The Morgan fingerprint density at radius 1 is 1.15 bits per heavy atom. The van der Waals surface area contributed by atoms with Crippen molar-refractivity contribution in [3.8, 4) is 0 Å². The van der Waals surface area contributed by atoms with Crippen LogP contribution in [0.3, 0.4) is 0 Å². The predicted molar refractivity (Wildman–Crippen MR) is 120 cm³/mol. The molecule has 2 aromatic rings. The molecule has 2 aliphatic rings. The average Bonchev–Trinajstić information content (AvgIpc) is 3.41. The maximum absolute atomic E-state index is 12.6. The van der Waals surface area contributed by atoms with Crippen molar-refractivity contribution in [2.24, 2.45) is 5.73 Å². The topological polar surface area (TPSA) is 153 Å². The monoisotopic (exact) mass is 470 g/mol. The Labute approximate surface area is 192 Å². The van der Waals surface area contributed by atoms with Gasteiger partial charge in [-0.1, -0.05) is 12.5 Å². The highest BCUT2D eigenvalue weighted by Crippen LogP contribution is 2.39. The molecule has 0 unspecified atom stereocenters. The third-order valence-electron chi connectivity index (χ3n) is 5.88. The Kier molecular flexibility index (Phi) is 6.23. The Bertz CT molecular complexity index is 1190. The number of aryl methyl sites for hydroxylation is 1. The molecule has 4 rings (SSSR count). The van der Waals surface area contributed by atoms with E-state index in [2.05, 4.69) is 5.32 Å². The Hall–Kier alpha value is -3.60. The highest BCUT2D eigenvalue weighted by Gasteiger charge is 2.40. The fourth-order valence-corrected chi connectivity index (χ4v) is 5.66. The number of imide groups is 1. The highest BCUT2D eigenvalue weighted by atomic mass is 32.1. The summed E-state index contributed by atoms with van der Waals surface area (Å²) in [7, 11) is 0. The van der Waals surface area contributed by atoms with E-state index in [9.17, 15) is 29.3 Å². The number of benzene rings is 1. The summed E-state index contributed by atoms with van der Waals surface area (Å²) in [6, 6.07) is 4.00. The van der Waals surface area contributed by atoms with E-state index >= 15 is 0 Å². The molecule has 4 amide bonds. The molecule has 1 aromatic carbocycles. The minimum absolute atomic E-state index is 0.0432. The molecule has 10 nitrogen and oxygen atoms in total. The number of unbranched alkanes of at least 4 members (excludes halogenated alkanes) is 2. The van der Waals surface area contributed by atoms with Crippen molar-refractivity contribution in [2.75, 3.05) is 11.9 Å². The molecule has 0 saturated heterocycles. The first-order valence-electron chi connectivity index (χ1n) is 10.7. The third kappa shape index (κ3) is 4.23. The van der Waals surface area contributed by atoms with Crippen molar-refractivity contribution in [1.29, 1.82) is 0 Å². The Balaban J connectivity index is 1.27. The summed E-state index contributed by atoms with van der Waals surface area (Å²) in [6.45, 7) is 0.120. The summed E-state index contributed by atoms with van der Waals surface area (Å²) in [5, 5.41) is 14.5. The largest absolute Gasteiger partial charge is 0.365 e. The number of primary amides is 1. The fourth-order valence-electron chi connectivity index (χ4n) is 4.35. The van der Waals surface area contributed by atoms with Crippen LogP contribution < -0.4 is 11.1 Å². The number of hydrogen-bond acceptors (Lipinski definition) is 7. The van der Waals surface area contributed by atoms with E-state index in [0.717, 1.165) is 34.6 Å². The van der Waals surface area contributed by atoms with Gasteiger partial charge in [-0.2, -0.15) is 0 Å². The van der Waals surface area contributed by atoms with Crippen molar-refractivity contribution in [1.82, 2.24) is 4.90 Å². The van der Waals surface area contributed by atoms with Crippen LogP contribution in [0.1, 0.15) is 73.6 Å². The fraction of sp³-hybridized carbons (Fsp3) is 0.364. The van der Waals surface area contributed by atoms with Crippen molar-refractivity contribution in [3.05, 3.63) is 55.4 Å². The van der Waals surface area contributed by atoms with Gasteiger partial charge in [-0.3, -0.25) is 34.2 Å². The van der Waals surface area contributed by atoms with E-state index in [4.69, 9.17) is 5.73 Å². The van der Waals surface area contributed by atoms with Gasteiger partial charge < -0.3 is 11.1 Å². The number of hydrogen-bond donors (Lipinski definition) is 2. The van der Waals surface area contributed by atoms with Crippen LogP contribution in [0.4, 0.5) is 10.7 Å². The molecule has 1 aliphatic heterocycles. The highest BCUT2D eigenvalue weighted by molar-refractivity contribution is 7.17. The van der Waals surface area contributed by atoms with Gasteiger partial charge in [-0.15, -0.1) is 11.3 Å². The summed E-state index contributed by atoms with van der Waals surface area (Å²) < 4.78 is 0. The van der Waals surface area contributed by atoms with E-state index in [1.165, 1.54) is 29.5 Å². The zero-order valence-corrected chi connectivity index (χ0v) is 18.5. The van der Waals surface area contributed by atoms with Crippen molar-refractivity contribution < 1.29 is 24.1 Å². The van der Waals surface area contributed by atoms with Crippen molar-refractivity contribution in [2.45, 2.75) is 44.9 Å². The van der Waals surface area contributed by atoms with Crippen LogP contribution in [0.5, 0.6) is 0 Å². The van der Waals surface area contributed by atoms with E-state index < -0.39 is 22.6 Å². The lowest BCUT2D eigenvalue weighted by Gasteiger charge is -2.13. The summed E-state index contributed by atoms with van der Waals surface area (Å²) in [4.78, 5) is 61.8. The molecule has 3 N–H and O–H groups in total. The van der Waals surface area contributed by atoms with Gasteiger partial charge in [-0.25, -0.2) is 0 Å². The van der Waals surface area contributed by atoms with Crippen molar-refractivity contribution >= 4 is 45.7 Å². The maximum Gasteiger partial charge on any atom is 0.282 e. The molecular formula is C22H22N4O6S. The summed E-state index contributed by atoms with van der Waals surface area (Å²) in [5.74, 6) is -1.97. The van der Waals surface area contributed by atoms with Crippen LogP contribution in [0, 0.1) is 10.1 Å². The summed E-state index contributed by atoms with van der Waals surface area (Å²) in [5.41, 5.74) is 6.37. The van der Waals surface area contributed by atoms with Gasteiger partial charge in [0, 0.05) is 23.9 Å². The minimum atomic E-state index is -0.669. The van der Waals surface area contributed by atoms with Gasteiger partial charge >= 0.3 is 0 Å². The van der Waals surface area contributed by atoms with Crippen LogP contribution in [0.25, 0.3) is 0 Å². The van der Waals surface area contributed by atoms with E-state index in [1.54, 1.807) is 0 Å². The lowest BCUT2D eigenvalue weighted by molar-refractivity contribution is -0.385. The first kappa shape index (κ1) is 22.6. The number of carbonyl (C=O) groups is 4. The van der Waals surface area contributed by atoms with Gasteiger partial charge in [0.2, 0.25) is 5.91 Å². The molecule has 0 radical (unpaired) electrons. The molecule has 0 atom stereocenters. The number of thiophene rings is 1. The zero-order valence-electron chi connectivity index (χ0n) is 17.7.